The van der Waals surface area contributed by atoms with E-state index in [0.29, 0.717) is 0 Å². The molecule has 0 bridgehead atoms. The Morgan fingerprint density at radius 3 is 1.14 bits per heavy atom. The number of benzene rings is 2. The molecule has 188 valence electrons. The van der Waals surface area contributed by atoms with Gasteiger partial charge in [0.15, 0.2) is 0 Å². The molecule has 0 radical (unpaired) electrons. The molecule has 0 unspecified atom stereocenters. The molecule has 3 aliphatic carbocycles. The zero-order valence-electron chi connectivity index (χ0n) is 23.5. The van der Waals surface area contributed by atoms with Crippen molar-refractivity contribution < 1.29 is 5.11 Å². The lowest BCUT2D eigenvalue weighted by Crippen LogP contribution is -2.35. The molecular formula is C33H43BrO. The minimum absolute atomic E-state index is 0.0935. The number of halogens is 1. The third-order valence-corrected chi connectivity index (χ3v) is 11.2. The zero-order chi connectivity index (χ0) is 25.9. The molecule has 0 saturated carbocycles. The van der Waals surface area contributed by atoms with Crippen LogP contribution in [-0.2, 0) is 27.3 Å². The molecule has 3 aliphatic rings. The number of fused-ring (bicyclic) bond motifs is 5. The summed E-state index contributed by atoms with van der Waals surface area (Å²) >= 11 is 3.89. The van der Waals surface area contributed by atoms with Gasteiger partial charge in [-0.3, -0.25) is 0 Å². The van der Waals surface area contributed by atoms with Crippen LogP contribution in [0, 0.1) is 0 Å². The minimum atomic E-state index is -1.16. The quantitative estimate of drug-likeness (QED) is 0.386. The normalized spacial score (nSPS) is 23.5. The van der Waals surface area contributed by atoms with Gasteiger partial charge < -0.3 is 5.11 Å². The first-order valence-corrected chi connectivity index (χ1v) is 14.2. The lowest BCUT2D eigenvalue weighted by Gasteiger charge is -2.43. The molecule has 2 aromatic carbocycles. The van der Waals surface area contributed by atoms with E-state index in [1.54, 1.807) is 0 Å². The molecule has 0 aromatic heterocycles. The first-order valence-electron chi connectivity index (χ1n) is 13.4. The SMILES string of the molecule is CC(C)=C(Br)C1(O)c2cc3c(cc2-c2cc4c(cc21)C(C)(C)CCC4(C)C)C(C)(C)CCC3(C)C. The highest BCUT2D eigenvalue weighted by Crippen LogP contribution is 2.59. The van der Waals surface area contributed by atoms with E-state index in [1.807, 2.05) is 0 Å². The van der Waals surface area contributed by atoms with E-state index >= 15 is 0 Å². The van der Waals surface area contributed by atoms with Crippen molar-refractivity contribution in [2.45, 2.75) is 122 Å². The number of hydrogen-bond donors (Lipinski definition) is 1. The van der Waals surface area contributed by atoms with Crippen LogP contribution in [0.3, 0.4) is 0 Å². The molecule has 35 heavy (non-hydrogen) atoms. The van der Waals surface area contributed by atoms with Crippen molar-refractivity contribution in [1.29, 1.82) is 0 Å². The fraction of sp³-hybridized carbons (Fsp3) is 0.576. The van der Waals surface area contributed by atoms with Gasteiger partial charge in [-0.2, -0.15) is 0 Å². The molecule has 0 saturated heterocycles. The van der Waals surface area contributed by atoms with Crippen LogP contribution in [0.4, 0.5) is 0 Å². The molecule has 0 aliphatic heterocycles. The van der Waals surface area contributed by atoms with Crippen molar-refractivity contribution >= 4 is 15.9 Å². The molecule has 1 N–H and O–H groups in total. The van der Waals surface area contributed by atoms with Crippen LogP contribution in [0.2, 0.25) is 0 Å². The molecule has 0 spiro atoms. The van der Waals surface area contributed by atoms with Crippen LogP contribution in [0.15, 0.2) is 34.3 Å². The summed E-state index contributed by atoms with van der Waals surface area (Å²) < 4.78 is 0.880. The van der Waals surface area contributed by atoms with Crippen molar-refractivity contribution in [1.82, 2.24) is 0 Å². The van der Waals surface area contributed by atoms with E-state index in [2.05, 4.69) is 109 Å². The molecule has 0 atom stereocenters. The number of rotatable bonds is 1. The van der Waals surface area contributed by atoms with Crippen molar-refractivity contribution in [2.75, 3.05) is 0 Å². The van der Waals surface area contributed by atoms with Gasteiger partial charge in [0, 0.05) is 15.6 Å². The highest BCUT2D eigenvalue weighted by molar-refractivity contribution is 9.11. The van der Waals surface area contributed by atoms with E-state index in [4.69, 9.17) is 0 Å². The van der Waals surface area contributed by atoms with Gasteiger partial charge in [-0.15, -0.1) is 0 Å². The van der Waals surface area contributed by atoms with E-state index in [1.165, 1.54) is 46.2 Å². The van der Waals surface area contributed by atoms with Gasteiger partial charge in [0.25, 0.3) is 0 Å². The summed E-state index contributed by atoms with van der Waals surface area (Å²) in [5, 5.41) is 12.7. The lowest BCUT2D eigenvalue weighted by molar-refractivity contribution is 0.134. The van der Waals surface area contributed by atoms with Crippen molar-refractivity contribution in [3.8, 4) is 11.1 Å². The minimum Gasteiger partial charge on any atom is -0.375 e. The predicted octanol–water partition coefficient (Wildman–Crippen LogP) is 9.29. The molecule has 0 amide bonds. The van der Waals surface area contributed by atoms with Gasteiger partial charge in [0.2, 0.25) is 0 Å². The first kappa shape index (κ1) is 25.3. The third-order valence-electron chi connectivity index (χ3n) is 9.81. The summed E-state index contributed by atoms with van der Waals surface area (Å²) in [7, 11) is 0. The highest BCUT2D eigenvalue weighted by atomic mass is 79.9. The predicted molar refractivity (Wildman–Crippen MR) is 153 cm³/mol. The second-order valence-electron chi connectivity index (χ2n) is 14.4. The Bertz CT molecular complexity index is 1200. The molecule has 2 aromatic rings. The number of hydrogen-bond acceptors (Lipinski definition) is 1. The van der Waals surface area contributed by atoms with Crippen molar-refractivity contribution in [2.24, 2.45) is 0 Å². The van der Waals surface area contributed by atoms with Crippen LogP contribution in [0.1, 0.15) is 128 Å². The van der Waals surface area contributed by atoms with E-state index < -0.39 is 5.60 Å². The van der Waals surface area contributed by atoms with Crippen molar-refractivity contribution in [3.63, 3.8) is 0 Å². The summed E-state index contributed by atoms with van der Waals surface area (Å²) in [6.45, 7) is 23.2. The van der Waals surface area contributed by atoms with Crippen LogP contribution in [-0.4, -0.2) is 5.11 Å². The number of aliphatic hydroxyl groups is 1. The van der Waals surface area contributed by atoms with E-state index in [9.17, 15) is 5.11 Å². The average molecular weight is 536 g/mol. The third kappa shape index (κ3) is 3.42. The maximum atomic E-state index is 12.7. The average Bonchev–Trinajstić information content (AvgIpc) is 3.01. The second kappa shape index (κ2) is 7.35. The summed E-state index contributed by atoms with van der Waals surface area (Å²) in [4.78, 5) is 0. The maximum Gasteiger partial charge on any atom is 0.148 e. The Kier molecular flexibility index (Phi) is 5.31. The molecular weight excluding hydrogens is 492 g/mol. The molecule has 1 nitrogen and oxygen atoms in total. The first-order chi connectivity index (χ1) is 15.9. The Hall–Kier alpha value is -1.38. The Labute approximate surface area is 221 Å². The van der Waals surface area contributed by atoms with Crippen molar-refractivity contribution in [3.05, 3.63) is 67.7 Å². The standard InChI is InChI=1S/C33H43BrO/c1-19(2)28(34)33(35)22-17-26-24(29(3,4)11-13-31(26,7)8)15-20(22)21-16-25-27(18-23(21)33)32(9,10)14-12-30(25,5)6/h15-18,35H,11-14H2,1-10H3. The zero-order valence-corrected chi connectivity index (χ0v) is 25.0. The van der Waals surface area contributed by atoms with Crippen LogP contribution in [0.25, 0.3) is 11.1 Å². The molecule has 5 rings (SSSR count). The van der Waals surface area contributed by atoms with Gasteiger partial charge >= 0.3 is 0 Å². The Balaban J connectivity index is 1.92. The van der Waals surface area contributed by atoms with Gasteiger partial charge in [-0.1, -0.05) is 89.0 Å². The van der Waals surface area contributed by atoms with Gasteiger partial charge in [0.1, 0.15) is 5.60 Å². The van der Waals surface area contributed by atoms with Gasteiger partial charge in [-0.05, 0) is 107 Å². The summed E-state index contributed by atoms with van der Waals surface area (Å²) in [6, 6.07) is 9.62. The molecule has 0 heterocycles. The lowest BCUT2D eigenvalue weighted by atomic mass is 9.62. The molecule has 0 fully saturated rings. The van der Waals surface area contributed by atoms with Crippen LogP contribution < -0.4 is 0 Å². The summed E-state index contributed by atoms with van der Waals surface area (Å²) in [5.74, 6) is 0. The van der Waals surface area contributed by atoms with Gasteiger partial charge in [-0.25, -0.2) is 0 Å². The molecule has 2 heteroatoms. The van der Waals surface area contributed by atoms with Gasteiger partial charge in [0.05, 0.1) is 0 Å². The Morgan fingerprint density at radius 2 is 0.857 bits per heavy atom. The highest BCUT2D eigenvalue weighted by Gasteiger charge is 2.49. The Morgan fingerprint density at radius 1 is 0.571 bits per heavy atom. The topological polar surface area (TPSA) is 20.2 Å². The van der Waals surface area contributed by atoms with E-state index in [-0.39, 0.29) is 21.7 Å². The second-order valence-corrected chi connectivity index (χ2v) is 15.2. The summed E-state index contributed by atoms with van der Waals surface area (Å²) in [6.07, 6.45) is 4.70. The van der Waals surface area contributed by atoms with Crippen LogP contribution >= 0.6 is 15.9 Å². The maximum absolute atomic E-state index is 12.7. The fourth-order valence-corrected chi connectivity index (χ4v) is 7.44. The van der Waals surface area contributed by atoms with E-state index in [0.717, 1.165) is 34.0 Å². The fourth-order valence-electron chi connectivity index (χ4n) is 7.02. The largest absolute Gasteiger partial charge is 0.375 e. The number of allylic oxidation sites excluding steroid dienone is 1. The smallest absolute Gasteiger partial charge is 0.148 e. The van der Waals surface area contributed by atoms with Crippen LogP contribution in [0.5, 0.6) is 0 Å². The summed E-state index contributed by atoms with van der Waals surface area (Å²) in [5.41, 5.74) is 10.6. The monoisotopic (exact) mass is 534 g/mol.